The van der Waals surface area contributed by atoms with Crippen molar-refractivity contribution in [2.75, 3.05) is 6.61 Å². The maximum Gasteiger partial charge on any atom is 0.513 e. The minimum Gasteiger partial charge on any atom is -0.434 e. The van der Waals surface area contributed by atoms with Gasteiger partial charge in [-0.1, -0.05) is 36.5 Å². The van der Waals surface area contributed by atoms with Gasteiger partial charge in [-0.3, -0.25) is 4.79 Å². The number of ether oxygens (including phenoxy) is 2. The first kappa shape index (κ1) is 14.8. The van der Waals surface area contributed by atoms with Gasteiger partial charge in [0.2, 0.25) is 0 Å². The number of carbonyl (C=O) groups excluding carboxylic acids is 2. The maximum absolute atomic E-state index is 11.3. The lowest BCUT2D eigenvalue weighted by molar-refractivity contribution is 0.0971. The number of rotatable bonds is 5. The normalized spacial score (nSPS) is 9.94. The zero-order chi connectivity index (χ0) is 13.5. The van der Waals surface area contributed by atoms with Gasteiger partial charge in [-0.15, -0.1) is 0 Å². The highest BCUT2D eigenvalue weighted by atomic mass is 35.5. The molecule has 98 valence electrons. The predicted molar refractivity (Wildman–Crippen MR) is 68.7 cm³/mol. The van der Waals surface area contributed by atoms with E-state index in [1.807, 2.05) is 6.92 Å². The van der Waals surface area contributed by atoms with E-state index in [4.69, 9.17) is 32.7 Å². The van der Waals surface area contributed by atoms with Gasteiger partial charge in [-0.25, -0.2) is 4.79 Å². The van der Waals surface area contributed by atoms with Crippen LogP contribution < -0.4 is 4.74 Å². The summed E-state index contributed by atoms with van der Waals surface area (Å²) in [6, 6.07) is 2.74. The van der Waals surface area contributed by atoms with E-state index in [1.54, 1.807) is 0 Å². The molecule has 0 heterocycles. The van der Waals surface area contributed by atoms with Gasteiger partial charge >= 0.3 is 6.16 Å². The molecule has 1 aromatic carbocycles. The number of hydrogen-bond acceptors (Lipinski definition) is 4. The Kier molecular flexibility index (Phi) is 5.95. The molecule has 0 bridgehead atoms. The second-order valence-electron chi connectivity index (χ2n) is 3.48. The minimum atomic E-state index is -0.893. The van der Waals surface area contributed by atoms with Gasteiger partial charge in [-0.2, -0.15) is 0 Å². The molecule has 0 atom stereocenters. The number of halogens is 2. The van der Waals surface area contributed by atoms with Gasteiger partial charge < -0.3 is 9.47 Å². The molecule has 4 nitrogen and oxygen atoms in total. The van der Waals surface area contributed by atoms with Crippen LogP contribution in [-0.2, 0) is 4.74 Å². The summed E-state index contributed by atoms with van der Waals surface area (Å²) in [5, 5.41) is 0.367. The molecule has 0 unspecified atom stereocenters. The van der Waals surface area contributed by atoms with Crippen molar-refractivity contribution >= 4 is 35.6 Å². The van der Waals surface area contributed by atoms with Crippen molar-refractivity contribution in [2.24, 2.45) is 0 Å². The summed E-state index contributed by atoms with van der Waals surface area (Å²) in [4.78, 5) is 22.2. The van der Waals surface area contributed by atoms with Crippen LogP contribution in [0.2, 0.25) is 10.0 Å². The highest BCUT2D eigenvalue weighted by Crippen LogP contribution is 2.31. The van der Waals surface area contributed by atoms with Crippen LogP contribution in [0, 0.1) is 0 Å². The molecule has 0 amide bonds. The lowest BCUT2D eigenvalue weighted by atomic mass is 10.2. The standard InChI is InChI=1S/C12H12Cl2O4/c1-2-3-4-17-12(16)18-11-8(7-15)5-9(13)6-10(11)14/h5-7H,2-4H2,1H3. The third-order valence-corrected chi connectivity index (χ3v) is 2.57. The summed E-state index contributed by atoms with van der Waals surface area (Å²) >= 11 is 11.6. The molecule has 0 fully saturated rings. The van der Waals surface area contributed by atoms with Crippen molar-refractivity contribution in [1.82, 2.24) is 0 Å². The van der Waals surface area contributed by atoms with Crippen LogP contribution in [0.25, 0.3) is 0 Å². The average Bonchev–Trinajstić information content (AvgIpc) is 2.32. The van der Waals surface area contributed by atoms with Gasteiger partial charge in [0.05, 0.1) is 17.2 Å². The van der Waals surface area contributed by atoms with Crippen molar-refractivity contribution in [3.05, 3.63) is 27.7 Å². The zero-order valence-electron chi connectivity index (χ0n) is 9.74. The van der Waals surface area contributed by atoms with Gasteiger partial charge in [-0.05, 0) is 18.6 Å². The van der Waals surface area contributed by atoms with Crippen molar-refractivity contribution in [3.8, 4) is 5.75 Å². The quantitative estimate of drug-likeness (QED) is 0.354. The Hall–Kier alpha value is -1.26. The molecular weight excluding hydrogens is 279 g/mol. The van der Waals surface area contributed by atoms with E-state index in [0.29, 0.717) is 6.29 Å². The zero-order valence-corrected chi connectivity index (χ0v) is 11.3. The summed E-state index contributed by atoms with van der Waals surface area (Å²) in [6.07, 6.45) is 1.25. The number of hydrogen-bond donors (Lipinski definition) is 0. The van der Waals surface area contributed by atoms with E-state index in [0.717, 1.165) is 12.8 Å². The van der Waals surface area contributed by atoms with Crippen LogP contribution in [0.5, 0.6) is 5.75 Å². The van der Waals surface area contributed by atoms with E-state index in [2.05, 4.69) is 0 Å². The number of aldehydes is 1. The first-order valence-corrected chi connectivity index (χ1v) is 6.13. The first-order valence-electron chi connectivity index (χ1n) is 5.37. The van der Waals surface area contributed by atoms with E-state index in [-0.39, 0.29) is 28.0 Å². The Bertz CT molecular complexity index is 446. The Balaban J connectivity index is 2.77. The summed E-state index contributed by atoms with van der Waals surface area (Å²) in [5.74, 6) is -0.0439. The van der Waals surface area contributed by atoms with Crippen LogP contribution in [0.3, 0.4) is 0 Å². The molecule has 0 radical (unpaired) electrons. The van der Waals surface area contributed by atoms with E-state index in [9.17, 15) is 9.59 Å². The summed E-state index contributed by atoms with van der Waals surface area (Å²) in [7, 11) is 0. The summed E-state index contributed by atoms with van der Waals surface area (Å²) < 4.78 is 9.69. The third-order valence-electron chi connectivity index (χ3n) is 2.07. The Labute approximate surface area is 115 Å². The molecule has 0 aliphatic carbocycles. The summed E-state index contributed by atoms with van der Waals surface area (Å²) in [5.41, 5.74) is 0.0972. The second-order valence-corrected chi connectivity index (χ2v) is 4.32. The van der Waals surface area contributed by atoms with Crippen LogP contribution in [-0.4, -0.2) is 19.0 Å². The predicted octanol–water partition coefficient (Wildman–Crippen LogP) is 4.12. The van der Waals surface area contributed by atoms with Crippen molar-refractivity contribution in [3.63, 3.8) is 0 Å². The Morgan fingerprint density at radius 3 is 2.72 bits per heavy atom. The van der Waals surface area contributed by atoms with Crippen molar-refractivity contribution in [2.45, 2.75) is 19.8 Å². The van der Waals surface area contributed by atoms with Gasteiger partial charge in [0.25, 0.3) is 0 Å². The SMILES string of the molecule is CCCCOC(=O)Oc1c(Cl)cc(Cl)cc1C=O. The Morgan fingerprint density at radius 2 is 2.11 bits per heavy atom. The number of benzene rings is 1. The van der Waals surface area contributed by atoms with Crippen molar-refractivity contribution < 1.29 is 19.1 Å². The lowest BCUT2D eigenvalue weighted by Gasteiger charge is -2.09. The fraction of sp³-hybridized carbons (Fsp3) is 0.333. The lowest BCUT2D eigenvalue weighted by Crippen LogP contribution is -2.12. The molecule has 0 aliphatic rings. The van der Waals surface area contributed by atoms with Crippen LogP contribution >= 0.6 is 23.2 Å². The number of carbonyl (C=O) groups is 2. The van der Waals surface area contributed by atoms with Crippen molar-refractivity contribution in [1.29, 1.82) is 0 Å². The largest absolute Gasteiger partial charge is 0.513 e. The van der Waals surface area contributed by atoms with E-state index in [1.165, 1.54) is 12.1 Å². The molecule has 0 N–H and O–H groups in total. The van der Waals surface area contributed by atoms with Gasteiger partial charge in [0.1, 0.15) is 0 Å². The molecule has 6 heteroatoms. The maximum atomic E-state index is 11.3. The molecular formula is C12H12Cl2O4. The minimum absolute atomic E-state index is 0.0439. The van der Waals surface area contributed by atoms with Gasteiger partial charge in [0, 0.05) is 5.02 Å². The first-order chi connectivity index (χ1) is 8.58. The molecule has 0 saturated carbocycles. The molecule has 1 aromatic rings. The van der Waals surface area contributed by atoms with Crippen LogP contribution in [0.1, 0.15) is 30.1 Å². The number of unbranched alkanes of at least 4 members (excludes halogenated alkanes) is 1. The fourth-order valence-electron chi connectivity index (χ4n) is 1.19. The Morgan fingerprint density at radius 1 is 1.39 bits per heavy atom. The topological polar surface area (TPSA) is 52.6 Å². The van der Waals surface area contributed by atoms with E-state index < -0.39 is 6.16 Å². The highest BCUT2D eigenvalue weighted by Gasteiger charge is 2.15. The monoisotopic (exact) mass is 290 g/mol. The fourth-order valence-corrected chi connectivity index (χ4v) is 1.74. The smallest absolute Gasteiger partial charge is 0.434 e. The second kappa shape index (κ2) is 7.24. The highest BCUT2D eigenvalue weighted by molar-refractivity contribution is 6.36. The molecule has 0 aromatic heterocycles. The molecule has 0 saturated heterocycles. The molecule has 18 heavy (non-hydrogen) atoms. The molecule has 1 rings (SSSR count). The third kappa shape index (κ3) is 4.20. The molecule has 0 aliphatic heterocycles. The van der Waals surface area contributed by atoms with Crippen LogP contribution in [0.4, 0.5) is 4.79 Å². The molecule has 0 spiro atoms. The average molecular weight is 291 g/mol. The van der Waals surface area contributed by atoms with Gasteiger partial charge in [0.15, 0.2) is 12.0 Å². The van der Waals surface area contributed by atoms with E-state index >= 15 is 0 Å². The summed E-state index contributed by atoms with van der Waals surface area (Å²) in [6.45, 7) is 2.23. The van der Waals surface area contributed by atoms with Crippen LogP contribution in [0.15, 0.2) is 12.1 Å².